The maximum absolute atomic E-state index is 13.4. The zero-order valence-electron chi connectivity index (χ0n) is 15.4. The molecule has 2 fully saturated rings. The first-order chi connectivity index (χ1) is 13.1. The van der Waals surface area contributed by atoms with Crippen molar-refractivity contribution in [1.82, 2.24) is 24.5 Å². The topological polar surface area (TPSA) is 63.4 Å². The molecule has 2 aliphatic rings. The van der Waals surface area contributed by atoms with Gasteiger partial charge in [0.15, 0.2) is 0 Å². The zero-order valence-corrected chi connectivity index (χ0v) is 15.4. The van der Waals surface area contributed by atoms with Crippen LogP contribution in [-0.4, -0.2) is 43.5 Å². The van der Waals surface area contributed by atoms with E-state index in [4.69, 9.17) is 0 Å². The molecule has 2 aromatic rings. The van der Waals surface area contributed by atoms with Gasteiger partial charge in [0.2, 0.25) is 5.91 Å². The van der Waals surface area contributed by atoms with Gasteiger partial charge < -0.3 is 4.90 Å². The van der Waals surface area contributed by atoms with Gasteiger partial charge in [0.25, 0.3) is 12.2 Å². The van der Waals surface area contributed by atoms with E-state index in [2.05, 4.69) is 15.1 Å². The van der Waals surface area contributed by atoms with Gasteiger partial charge in [0, 0.05) is 25.4 Å². The van der Waals surface area contributed by atoms with Gasteiger partial charge in [-0.3, -0.25) is 4.79 Å². The number of carbonyl (C=O) groups excluding carboxylic acids is 1. The number of hydrogen-bond donors (Lipinski definition) is 0. The third-order valence-corrected chi connectivity index (χ3v) is 5.90. The van der Waals surface area contributed by atoms with Gasteiger partial charge in [0.05, 0.1) is 5.69 Å². The standard InChI is InChI=1S/C19H25F2N5O/c20-18(21)16-10-15(24-19-22-12-23-26(16)19)14-7-4-8-25(11-14)17(27)9-13-5-2-1-3-6-13/h10,12-14,18H,1-9,11H2. The Hall–Kier alpha value is -2.12. The molecule has 1 unspecified atom stereocenters. The summed E-state index contributed by atoms with van der Waals surface area (Å²) < 4.78 is 27.9. The minimum absolute atomic E-state index is 0.0340. The van der Waals surface area contributed by atoms with E-state index in [1.165, 1.54) is 31.7 Å². The normalized spacial score (nSPS) is 21.9. The summed E-state index contributed by atoms with van der Waals surface area (Å²) in [6.07, 6.45) is 6.92. The van der Waals surface area contributed by atoms with Crippen molar-refractivity contribution >= 4 is 11.7 Å². The molecule has 8 heteroatoms. The van der Waals surface area contributed by atoms with Crippen LogP contribution in [0.15, 0.2) is 12.4 Å². The molecular formula is C19H25F2N5O. The fourth-order valence-electron chi connectivity index (χ4n) is 4.43. The van der Waals surface area contributed by atoms with Crippen molar-refractivity contribution in [3.63, 3.8) is 0 Å². The molecule has 0 bridgehead atoms. The summed E-state index contributed by atoms with van der Waals surface area (Å²) in [4.78, 5) is 23.1. The summed E-state index contributed by atoms with van der Waals surface area (Å²) in [7, 11) is 0. The Morgan fingerprint density at radius 1 is 1.19 bits per heavy atom. The van der Waals surface area contributed by atoms with Gasteiger partial charge in [-0.15, -0.1) is 0 Å². The summed E-state index contributed by atoms with van der Waals surface area (Å²) in [6.45, 7) is 1.29. The van der Waals surface area contributed by atoms with Crippen LogP contribution in [-0.2, 0) is 4.79 Å². The first-order valence-electron chi connectivity index (χ1n) is 9.88. The molecule has 6 nitrogen and oxygen atoms in total. The minimum Gasteiger partial charge on any atom is -0.342 e. The average molecular weight is 377 g/mol. The van der Waals surface area contributed by atoms with Crippen LogP contribution in [0.2, 0.25) is 0 Å². The minimum atomic E-state index is -2.65. The monoisotopic (exact) mass is 377 g/mol. The highest BCUT2D eigenvalue weighted by Crippen LogP contribution is 2.31. The van der Waals surface area contributed by atoms with E-state index in [0.717, 1.165) is 36.7 Å². The lowest BCUT2D eigenvalue weighted by Crippen LogP contribution is -2.40. The molecule has 1 aliphatic carbocycles. The lowest BCUT2D eigenvalue weighted by molar-refractivity contribution is -0.133. The van der Waals surface area contributed by atoms with Gasteiger partial charge in [-0.25, -0.2) is 13.8 Å². The molecule has 0 aromatic carbocycles. The predicted octanol–water partition coefficient (Wildman–Crippen LogP) is 3.74. The number of carbonyl (C=O) groups is 1. The van der Waals surface area contributed by atoms with Gasteiger partial charge >= 0.3 is 0 Å². The number of piperidine rings is 1. The average Bonchev–Trinajstić information content (AvgIpc) is 3.16. The SMILES string of the molecule is O=C(CC1CCCCC1)N1CCCC(c2cc(C(F)F)n3ncnc3n2)C1. The molecule has 3 heterocycles. The Bertz CT molecular complexity index is 802. The van der Waals surface area contributed by atoms with Crippen molar-refractivity contribution in [2.45, 2.75) is 63.7 Å². The van der Waals surface area contributed by atoms with E-state index in [1.54, 1.807) is 0 Å². The van der Waals surface area contributed by atoms with Gasteiger partial charge in [-0.1, -0.05) is 19.3 Å². The van der Waals surface area contributed by atoms with Crippen molar-refractivity contribution in [2.24, 2.45) is 5.92 Å². The number of rotatable bonds is 4. The summed E-state index contributed by atoms with van der Waals surface area (Å²) >= 11 is 0. The fraction of sp³-hybridized carbons (Fsp3) is 0.684. The van der Waals surface area contributed by atoms with Crippen molar-refractivity contribution < 1.29 is 13.6 Å². The highest BCUT2D eigenvalue weighted by molar-refractivity contribution is 5.76. The Morgan fingerprint density at radius 3 is 2.78 bits per heavy atom. The van der Waals surface area contributed by atoms with Crippen LogP contribution in [0.5, 0.6) is 0 Å². The van der Waals surface area contributed by atoms with E-state index >= 15 is 0 Å². The zero-order chi connectivity index (χ0) is 18.8. The second-order valence-corrected chi connectivity index (χ2v) is 7.77. The molecule has 0 radical (unpaired) electrons. The summed E-state index contributed by atoms with van der Waals surface area (Å²) in [5.41, 5.74) is 0.388. The largest absolute Gasteiger partial charge is 0.342 e. The van der Waals surface area contributed by atoms with Gasteiger partial charge in [0.1, 0.15) is 12.0 Å². The second kappa shape index (κ2) is 7.86. The van der Waals surface area contributed by atoms with E-state index in [9.17, 15) is 13.6 Å². The number of halogens is 2. The second-order valence-electron chi connectivity index (χ2n) is 7.77. The smallest absolute Gasteiger partial charge is 0.280 e. The lowest BCUT2D eigenvalue weighted by Gasteiger charge is -2.34. The number of alkyl halides is 2. The Morgan fingerprint density at radius 2 is 2.00 bits per heavy atom. The fourth-order valence-corrected chi connectivity index (χ4v) is 4.43. The molecule has 146 valence electrons. The Labute approximate surface area is 157 Å². The highest BCUT2D eigenvalue weighted by atomic mass is 19.3. The van der Waals surface area contributed by atoms with Crippen LogP contribution in [0.25, 0.3) is 5.78 Å². The number of fused-ring (bicyclic) bond motifs is 1. The maximum Gasteiger partial charge on any atom is 0.280 e. The van der Waals surface area contributed by atoms with Crippen LogP contribution in [0.4, 0.5) is 8.78 Å². The molecule has 0 N–H and O–H groups in total. The Kier molecular flexibility index (Phi) is 5.31. The number of hydrogen-bond acceptors (Lipinski definition) is 4. The van der Waals surface area contributed by atoms with E-state index in [-0.39, 0.29) is 23.3 Å². The molecule has 27 heavy (non-hydrogen) atoms. The molecule has 1 atom stereocenters. The van der Waals surface area contributed by atoms with Crippen LogP contribution in [0, 0.1) is 5.92 Å². The van der Waals surface area contributed by atoms with Crippen molar-refractivity contribution in [1.29, 1.82) is 0 Å². The first kappa shape index (κ1) is 18.3. The predicted molar refractivity (Wildman–Crippen MR) is 95.5 cm³/mol. The van der Waals surface area contributed by atoms with Crippen molar-refractivity contribution in [3.05, 3.63) is 23.8 Å². The number of likely N-dealkylation sites (tertiary alicyclic amines) is 1. The molecule has 1 saturated carbocycles. The molecule has 4 rings (SSSR count). The molecule has 0 spiro atoms. The van der Waals surface area contributed by atoms with E-state index in [1.807, 2.05) is 4.90 Å². The molecular weight excluding hydrogens is 352 g/mol. The molecule has 1 aliphatic heterocycles. The Balaban J connectivity index is 1.49. The van der Waals surface area contributed by atoms with E-state index in [0.29, 0.717) is 24.6 Å². The van der Waals surface area contributed by atoms with Crippen LogP contribution < -0.4 is 0 Å². The quantitative estimate of drug-likeness (QED) is 0.814. The lowest BCUT2D eigenvalue weighted by atomic mass is 9.86. The third-order valence-electron chi connectivity index (χ3n) is 5.90. The van der Waals surface area contributed by atoms with Gasteiger partial charge in [-0.05, 0) is 37.7 Å². The highest BCUT2D eigenvalue weighted by Gasteiger charge is 2.29. The van der Waals surface area contributed by atoms with Crippen molar-refractivity contribution in [3.8, 4) is 0 Å². The number of aromatic nitrogens is 4. The summed E-state index contributed by atoms with van der Waals surface area (Å²) in [5, 5.41) is 3.83. The van der Waals surface area contributed by atoms with E-state index < -0.39 is 6.43 Å². The molecule has 1 amide bonds. The number of amides is 1. The van der Waals surface area contributed by atoms with Crippen LogP contribution in [0.1, 0.15) is 75.1 Å². The summed E-state index contributed by atoms with van der Waals surface area (Å²) in [6, 6.07) is 1.42. The first-order valence-corrected chi connectivity index (χ1v) is 9.88. The van der Waals surface area contributed by atoms with Gasteiger partial charge in [-0.2, -0.15) is 14.6 Å². The van der Waals surface area contributed by atoms with Crippen LogP contribution in [0.3, 0.4) is 0 Å². The number of nitrogens with zero attached hydrogens (tertiary/aromatic N) is 5. The third kappa shape index (κ3) is 3.94. The molecule has 2 aromatic heterocycles. The van der Waals surface area contributed by atoms with Crippen LogP contribution >= 0.6 is 0 Å². The summed E-state index contributed by atoms with van der Waals surface area (Å²) in [5.74, 6) is 0.855. The molecule has 1 saturated heterocycles. The maximum atomic E-state index is 13.4. The van der Waals surface area contributed by atoms with Crippen molar-refractivity contribution in [2.75, 3.05) is 13.1 Å².